The predicted molar refractivity (Wildman–Crippen MR) is 63.5 cm³/mol. The number of piperidine rings is 1. The highest BCUT2D eigenvalue weighted by atomic mass is 15.2. The molecule has 0 N–H and O–H groups in total. The van der Waals surface area contributed by atoms with Gasteiger partial charge < -0.3 is 4.90 Å². The first-order valence-corrected chi connectivity index (χ1v) is 6.46. The zero-order chi connectivity index (χ0) is 10.6. The molecule has 0 spiro atoms. The van der Waals surface area contributed by atoms with Gasteiger partial charge in [0.25, 0.3) is 0 Å². The lowest BCUT2D eigenvalue weighted by Crippen LogP contribution is -2.44. The van der Waals surface area contributed by atoms with Gasteiger partial charge in [-0.3, -0.25) is 0 Å². The SMILES string of the molecule is CCC(CC)N1CC[C@H](C)[C@H](CC)C1. The molecule has 0 saturated carbocycles. The third kappa shape index (κ3) is 2.73. The molecule has 1 aliphatic heterocycles. The van der Waals surface area contributed by atoms with Gasteiger partial charge in [-0.05, 0) is 37.6 Å². The van der Waals surface area contributed by atoms with E-state index < -0.39 is 0 Å². The highest BCUT2D eigenvalue weighted by molar-refractivity contribution is 4.80. The summed E-state index contributed by atoms with van der Waals surface area (Å²) in [6.45, 7) is 12.1. The first-order chi connectivity index (χ1) is 6.72. The van der Waals surface area contributed by atoms with Crippen LogP contribution in [0.5, 0.6) is 0 Å². The molecule has 0 aromatic rings. The minimum Gasteiger partial charge on any atom is -0.300 e. The largest absolute Gasteiger partial charge is 0.300 e. The maximum Gasteiger partial charge on any atom is 0.00901 e. The van der Waals surface area contributed by atoms with Crippen molar-refractivity contribution in [2.75, 3.05) is 13.1 Å². The molecule has 84 valence electrons. The van der Waals surface area contributed by atoms with Gasteiger partial charge in [0.1, 0.15) is 0 Å². The average molecular weight is 197 g/mol. The minimum absolute atomic E-state index is 0.844. The van der Waals surface area contributed by atoms with Crippen molar-refractivity contribution in [1.82, 2.24) is 4.90 Å². The van der Waals surface area contributed by atoms with Gasteiger partial charge >= 0.3 is 0 Å². The molecule has 0 aromatic heterocycles. The van der Waals surface area contributed by atoms with Crippen LogP contribution in [-0.4, -0.2) is 24.0 Å². The van der Waals surface area contributed by atoms with Crippen molar-refractivity contribution < 1.29 is 0 Å². The fourth-order valence-corrected chi connectivity index (χ4v) is 2.85. The van der Waals surface area contributed by atoms with Gasteiger partial charge in [-0.25, -0.2) is 0 Å². The molecule has 14 heavy (non-hydrogen) atoms. The van der Waals surface area contributed by atoms with Gasteiger partial charge in [0, 0.05) is 12.6 Å². The normalized spacial score (nSPS) is 29.8. The summed E-state index contributed by atoms with van der Waals surface area (Å²) < 4.78 is 0. The van der Waals surface area contributed by atoms with Crippen LogP contribution in [0, 0.1) is 11.8 Å². The molecule has 0 bridgehead atoms. The predicted octanol–water partition coefficient (Wildman–Crippen LogP) is 3.54. The van der Waals surface area contributed by atoms with Crippen molar-refractivity contribution in [2.45, 2.75) is 59.4 Å². The van der Waals surface area contributed by atoms with Crippen LogP contribution < -0.4 is 0 Å². The Morgan fingerprint density at radius 1 is 1.21 bits per heavy atom. The van der Waals surface area contributed by atoms with E-state index in [0.29, 0.717) is 0 Å². The Hall–Kier alpha value is -0.0400. The summed E-state index contributed by atoms with van der Waals surface area (Å²) in [6.07, 6.45) is 5.41. The number of hydrogen-bond acceptors (Lipinski definition) is 1. The topological polar surface area (TPSA) is 3.24 Å². The van der Waals surface area contributed by atoms with Crippen LogP contribution in [0.1, 0.15) is 53.4 Å². The zero-order valence-electron chi connectivity index (χ0n) is 10.4. The van der Waals surface area contributed by atoms with Crippen molar-refractivity contribution in [3.05, 3.63) is 0 Å². The van der Waals surface area contributed by atoms with Crippen molar-refractivity contribution in [2.24, 2.45) is 11.8 Å². The Balaban J connectivity index is 2.48. The number of hydrogen-bond donors (Lipinski definition) is 0. The molecule has 0 unspecified atom stereocenters. The summed E-state index contributed by atoms with van der Waals surface area (Å²) in [5, 5.41) is 0. The molecule has 1 aliphatic rings. The Labute approximate surface area is 89.9 Å². The van der Waals surface area contributed by atoms with Crippen LogP contribution in [0.2, 0.25) is 0 Å². The van der Waals surface area contributed by atoms with Crippen molar-refractivity contribution in [1.29, 1.82) is 0 Å². The summed E-state index contributed by atoms with van der Waals surface area (Å²) in [6, 6.07) is 0.844. The molecule has 0 radical (unpaired) electrons. The van der Waals surface area contributed by atoms with Gasteiger partial charge in [-0.1, -0.05) is 34.1 Å². The second kappa shape index (κ2) is 5.75. The molecule has 1 heteroatoms. The van der Waals surface area contributed by atoms with Gasteiger partial charge in [-0.15, -0.1) is 0 Å². The Kier molecular flexibility index (Phi) is 4.94. The standard InChI is InChI=1S/C13H27N/c1-5-12-10-14(9-8-11(12)4)13(6-2)7-3/h11-13H,5-10H2,1-4H3/t11-,12+/m0/s1. The summed E-state index contributed by atoms with van der Waals surface area (Å²) in [7, 11) is 0. The van der Waals surface area contributed by atoms with Crippen LogP contribution >= 0.6 is 0 Å². The Morgan fingerprint density at radius 2 is 1.86 bits per heavy atom. The van der Waals surface area contributed by atoms with E-state index in [9.17, 15) is 0 Å². The van der Waals surface area contributed by atoms with Crippen LogP contribution in [0.25, 0.3) is 0 Å². The third-order valence-electron chi connectivity index (χ3n) is 4.13. The highest BCUT2D eigenvalue weighted by Gasteiger charge is 2.27. The highest BCUT2D eigenvalue weighted by Crippen LogP contribution is 2.27. The fourth-order valence-electron chi connectivity index (χ4n) is 2.85. The molecule has 1 rings (SSSR count). The molecule has 1 nitrogen and oxygen atoms in total. The quantitative estimate of drug-likeness (QED) is 0.666. The van der Waals surface area contributed by atoms with Crippen molar-refractivity contribution in [3.8, 4) is 0 Å². The summed E-state index contributed by atoms with van der Waals surface area (Å²) in [4.78, 5) is 2.73. The number of nitrogens with zero attached hydrogens (tertiary/aromatic N) is 1. The molecule has 0 amide bonds. The Bertz CT molecular complexity index is 149. The average Bonchev–Trinajstić information content (AvgIpc) is 2.22. The second-order valence-corrected chi connectivity index (χ2v) is 4.90. The lowest BCUT2D eigenvalue weighted by Gasteiger charge is -2.40. The summed E-state index contributed by atoms with van der Waals surface area (Å²) >= 11 is 0. The van der Waals surface area contributed by atoms with Gasteiger partial charge in [0.05, 0.1) is 0 Å². The molecular formula is C13H27N. The van der Waals surface area contributed by atoms with Crippen LogP contribution in [-0.2, 0) is 0 Å². The molecule has 1 heterocycles. The van der Waals surface area contributed by atoms with E-state index in [-0.39, 0.29) is 0 Å². The first kappa shape index (κ1) is 12.0. The van der Waals surface area contributed by atoms with Gasteiger partial charge in [-0.2, -0.15) is 0 Å². The first-order valence-electron chi connectivity index (χ1n) is 6.46. The number of likely N-dealkylation sites (tertiary alicyclic amines) is 1. The van der Waals surface area contributed by atoms with E-state index in [1.165, 1.54) is 38.8 Å². The summed E-state index contributed by atoms with van der Waals surface area (Å²) in [5.74, 6) is 1.90. The van der Waals surface area contributed by atoms with E-state index in [1.807, 2.05) is 0 Å². The van der Waals surface area contributed by atoms with E-state index in [4.69, 9.17) is 0 Å². The maximum atomic E-state index is 2.73. The van der Waals surface area contributed by atoms with E-state index in [2.05, 4.69) is 32.6 Å². The Morgan fingerprint density at radius 3 is 2.36 bits per heavy atom. The van der Waals surface area contributed by atoms with Crippen molar-refractivity contribution in [3.63, 3.8) is 0 Å². The van der Waals surface area contributed by atoms with Gasteiger partial charge in [0.2, 0.25) is 0 Å². The molecule has 2 atom stereocenters. The van der Waals surface area contributed by atoms with Gasteiger partial charge in [0.15, 0.2) is 0 Å². The van der Waals surface area contributed by atoms with E-state index in [1.54, 1.807) is 0 Å². The second-order valence-electron chi connectivity index (χ2n) is 4.90. The van der Waals surface area contributed by atoms with E-state index in [0.717, 1.165) is 17.9 Å². The minimum atomic E-state index is 0.844. The molecule has 0 aromatic carbocycles. The maximum absolute atomic E-state index is 2.73. The molecular weight excluding hydrogens is 170 g/mol. The third-order valence-corrected chi connectivity index (χ3v) is 4.13. The molecule has 1 saturated heterocycles. The lowest BCUT2D eigenvalue weighted by atomic mass is 9.84. The smallest absolute Gasteiger partial charge is 0.00901 e. The number of rotatable bonds is 4. The lowest BCUT2D eigenvalue weighted by molar-refractivity contribution is 0.0815. The molecule has 1 fully saturated rings. The monoisotopic (exact) mass is 197 g/mol. The van der Waals surface area contributed by atoms with Crippen LogP contribution in [0.3, 0.4) is 0 Å². The summed E-state index contributed by atoms with van der Waals surface area (Å²) in [5.41, 5.74) is 0. The van der Waals surface area contributed by atoms with Crippen LogP contribution in [0.4, 0.5) is 0 Å². The van der Waals surface area contributed by atoms with Crippen molar-refractivity contribution >= 4 is 0 Å². The molecule has 0 aliphatic carbocycles. The van der Waals surface area contributed by atoms with E-state index >= 15 is 0 Å². The van der Waals surface area contributed by atoms with Crippen LogP contribution in [0.15, 0.2) is 0 Å². The zero-order valence-corrected chi connectivity index (χ0v) is 10.4. The fraction of sp³-hybridized carbons (Fsp3) is 1.00.